The lowest BCUT2D eigenvalue weighted by molar-refractivity contribution is -0.140. The maximum Gasteiger partial charge on any atom is 0.326 e. The molecule has 0 aliphatic carbocycles. The normalized spacial score (nSPS) is 16.7. The molecule has 4 N–H and O–H groups in total. The van der Waals surface area contributed by atoms with Crippen molar-refractivity contribution in [2.75, 3.05) is 26.2 Å². The molecular weight excluding hydrogens is 254 g/mol. The van der Waals surface area contributed by atoms with Crippen molar-refractivity contribution in [3.05, 3.63) is 0 Å². The first-order valence-corrected chi connectivity index (χ1v) is 6.21. The van der Waals surface area contributed by atoms with E-state index in [1.165, 1.54) is 0 Å². The molecule has 19 heavy (non-hydrogen) atoms. The minimum Gasteiger partial charge on any atom is -0.481 e. The van der Waals surface area contributed by atoms with Crippen LogP contribution in [-0.4, -0.2) is 65.3 Å². The maximum atomic E-state index is 11.8. The fourth-order valence-corrected chi connectivity index (χ4v) is 1.82. The summed E-state index contributed by atoms with van der Waals surface area (Å²) >= 11 is 0. The lowest BCUT2D eigenvalue weighted by Crippen LogP contribution is -2.53. The molecule has 0 radical (unpaired) electrons. The van der Waals surface area contributed by atoms with Crippen LogP contribution in [0.15, 0.2) is 0 Å². The average Bonchev–Trinajstić information content (AvgIpc) is 2.37. The van der Waals surface area contributed by atoms with E-state index < -0.39 is 24.0 Å². The Morgan fingerprint density at radius 3 is 2.37 bits per heavy atom. The number of carboxylic acids is 2. The van der Waals surface area contributed by atoms with E-state index in [0.29, 0.717) is 26.2 Å². The van der Waals surface area contributed by atoms with E-state index in [1.54, 1.807) is 4.90 Å². The molecule has 1 saturated heterocycles. The largest absolute Gasteiger partial charge is 0.481 e. The number of nitrogens with one attached hydrogen (secondary N) is 2. The van der Waals surface area contributed by atoms with Gasteiger partial charge in [0.2, 0.25) is 0 Å². The van der Waals surface area contributed by atoms with E-state index in [0.717, 1.165) is 0 Å². The molecule has 2 amide bonds. The third-order valence-corrected chi connectivity index (χ3v) is 2.88. The molecule has 0 spiro atoms. The second kappa shape index (κ2) is 7.57. The Morgan fingerprint density at radius 1 is 1.21 bits per heavy atom. The number of nitrogens with zero attached hydrogens (tertiary/aromatic N) is 1. The number of amides is 2. The van der Waals surface area contributed by atoms with Gasteiger partial charge in [0.05, 0.1) is 0 Å². The van der Waals surface area contributed by atoms with Crippen LogP contribution < -0.4 is 10.6 Å². The topological polar surface area (TPSA) is 119 Å². The summed E-state index contributed by atoms with van der Waals surface area (Å²) in [6.07, 6.45) is 0.223. The molecule has 1 fully saturated rings. The molecule has 0 aromatic carbocycles. The Bertz CT molecular complexity index is 341. The zero-order valence-electron chi connectivity index (χ0n) is 10.6. The summed E-state index contributed by atoms with van der Waals surface area (Å²) in [5.41, 5.74) is 0. The summed E-state index contributed by atoms with van der Waals surface area (Å²) in [7, 11) is 0. The number of carboxylic acid groups (broad SMARTS) is 2. The van der Waals surface area contributed by atoms with E-state index in [-0.39, 0.29) is 19.3 Å². The lowest BCUT2D eigenvalue weighted by Gasteiger charge is -2.28. The van der Waals surface area contributed by atoms with Gasteiger partial charge in [-0.1, -0.05) is 0 Å². The summed E-state index contributed by atoms with van der Waals surface area (Å²) in [6.45, 7) is 2.44. The second-order valence-electron chi connectivity index (χ2n) is 4.36. The van der Waals surface area contributed by atoms with E-state index >= 15 is 0 Å². The number of rotatable bonds is 6. The van der Waals surface area contributed by atoms with Crippen molar-refractivity contribution >= 4 is 18.0 Å². The highest BCUT2D eigenvalue weighted by Gasteiger charge is 2.23. The molecule has 1 atom stereocenters. The van der Waals surface area contributed by atoms with Gasteiger partial charge in [0.1, 0.15) is 6.04 Å². The third kappa shape index (κ3) is 5.56. The molecule has 8 heteroatoms. The van der Waals surface area contributed by atoms with Crippen LogP contribution in [-0.2, 0) is 9.59 Å². The number of urea groups is 1. The van der Waals surface area contributed by atoms with Crippen LogP contribution in [0.5, 0.6) is 0 Å². The van der Waals surface area contributed by atoms with Crippen LogP contribution in [0.25, 0.3) is 0 Å². The fourth-order valence-electron chi connectivity index (χ4n) is 1.82. The summed E-state index contributed by atoms with van der Waals surface area (Å²) in [4.78, 5) is 34.7. The van der Waals surface area contributed by atoms with Crippen molar-refractivity contribution in [3.63, 3.8) is 0 Å². The van der Waals surface area contributed by atoms with E-state index in [2.05, 4.69) is 10.6 Å². The van der Waals surface area contributed by atoms with Gasteiger partial charge < -0.3 is 25.7 Å². The maximum absolute atomic E-state index is 11.8. The molecule has 1 aliphatic rings. The number of aliphatic carboxylic acids is 2. The minimum atomic E-state index is -1.14. The predicted molar refractivity (Wildman–Crippen MR) is 65.9 cm³/mol. The molecule has 0 saturated carbocycles. The molecule has 108 valence electrons. The average molecular weight is 273 g/mol. The van der Waals surface area contributed by atoms with Gasteiger partial charge in [-0.15, -0.1) is 0 Å². The van der Waals surface area contributed by atoms with Crippen molar-refractivity contribution in [2.24, 2.45) is 0 Å². The van der Waals surface area contributed by atoms with Crippen molar-refractivity contribution in [1.29, 1.82) is 0 Å². The van der Waals surface area contributed by atoms with Gasteiger partial charge in [0.15, 0.2) is 0 Å². The second-order valence-corrected chi connectivity index (χ2v) is 4.36. The third-order valence-electron chi connectivity index (χ3n) is 2.88. The molecule has 0 aromatic heterocycles. The molecule has 1 rings (SSSR count). The SMILES string of the molecule is O=C(O)CCC[C@@H](NC(=O)N1CCNCC1)C(=O)O. The van der Waals surface area contributed by atoms with Crippen LogP contribution in [0, 0.1) is 0 Å². The van der Waals surface area contributed by atoms with Crippen LogP contribution in [0.4, 0.5) is 4.79 Å². The summed E-state index contributed by atoms with van der Waals surface area (Å²) in [6, 6.07) is -1.45. The van der Waals surface area contributed by atoms with Crippen LogP contribution >= 0.6 is 0 Å². The van der Waals surface area contributed by atoms with Crippen molar-refractivity contribution in [2.45, 2.75) is 25.3 Å². The highest BCUT2D eigenvalue weighted by Crippen LogP contribution is 2.03. The smallest absolute Gasteiger partial charge is 0.326 e. The molecule has 0 aromatic rings. The van der Waals surface area contributed by atoms with Gasteiger partial charge in [-0.05, 0) is 12.8 Å². The number of hydrogen-bond acceptors (Lipinski definition) is 4. The van der Waals surface area contributed by atoms with Gasteiger partial charge in [0, 0.05) is 32.6 Å². The van der Waals surface area contributed by atoms with Crippen LogP contribution in [0.3, 0.4) is 0 Å². The predicted octanol–water partition coefficient (Wildman–Crippen LogP) is -0.691. The fraction of sp³-hybridized carbons (Fsp3) is 0.727. The Hall–Kier alpha value is -1.83. The monoisotopic (exact) mass is 273 g/mol. The Balaban J connectivity index is 2.41. The zero-order chi connectivity index (χ0) is 14.3. The quantitative estimate of drug-likeness (QED) is 0.508. The summed E-state index contributed by atoms with van der Waals surface area (Å²) < 4.78 is 0. The highest BCUT2D eigenvalue weighted by molar-refractivity contribution is 5.82. The Labute approximate surface area is 110 Å². The summed E-state index contributed by atoms with van der Waals surface area (Å²) in [5, 5.41) is 23.0. The molecule has 8 nitrogen and oxygen atoms in total. The Morgan fingerprint density at radius 2 is 1.84 bits per heavy atom. The highest BCUT2D eigenvalue weighted by atomic mass is 16.4. The van der Waals surface area contributed by atoms with Crippen molar-refractivity contribution < 1.29 is 24.6 Å². The number of piperazine rings is 1. The van der Waals surface area contributed by atoms with Gasteiger partial charge in [-0.2, -0.15) is 0 Å². The zero-order valence-corrected chi connectivity index (χ0v) is 10.6. The van der Waals surface area contributed by atoms with Crippen LogP contribution in [0.1, 0.15) is 19.3 Å². The molecular formula is C11H19N3O5. The van der Waals surface area contributed by atoms with Gasteiger partial charge >= 0.3 is 18.0 Å². The summed E-state index contributed by atoms with van der Waals surface area (Å²) in [5.74, 6) is -2.12. The van der Waals surface area contributed by atoms with Gasteiger partial charge in [0.25, 0.3) is 0 Å². The van der Waals surface area contributed by atoms with Crippen LogP contribution in [0.2, 0.25) is 0 Å². The first-order valence-electron chi connectivity index (χ1n) is 6.21. The number of carbonyl (C=O) groups excluding carboxylic acids is 1. The minimum absolute atomic E-state index is 0.104. The molecule has 1 aliphatic heterocycles. The molecule has 0 unspecified atom stereocenters. The van der Waals surface area contributed by atoms with Crippen molar-refractivity contribution in [1.82, 2.24) is 15.5 Å². The first-order chi connectivity index (χ1) is 9.00. The van der Waals surface area contributed by atoms with Crippen molar-refractivity contribution in [3.8, 4) is 0 Å². The van der Waals surface area contributed by atoms with Gasteiger partial charge in [-0.3, -0.25) is 4.79 Å². The first kappa shape index (κ1) is 15.2. The standard InChI is InChI=1S/C11H19N3O5/c15-9(16)3-1-2-8(10(17)18)13-11(19)14-6-4-12-5-7-14/h8,12H,1-7H2,(H,13,19)(H,15,16)(H,17,18)/t8-/m1/s1. The lowest BCUT2D eigenvalue weighted by atomic mass is 10.1. The molecule has 0 bridgehead atoms. The Kier molecular flexibility index (Phi) is 6.07. The number of hydrogen-bond donors (Lipinski definition) is 4. The van der Waals surface area contributed by atoms with E-state index in [4.69, 9.17) is 10.2 Å². The molecule has 1 heterocycles. The van der Waals surface area contributed by atoms with E-state index in [1.807, 2.05) is 0 Å². The van der Waals surface area contributed by atoms with Gasteiger partial charge in [-0.25, -0.2) is 9.59 Å². The van der Waals surface area contributed by atoms with E-state index in [9.17, 15) is 14.4 Å². The number of carbonyl (C=O) groups is 3.